The van der Waals surface area contributed by atoms with Crippen LogP contribution in [0.4, 0.5) is 8.78 Å². The normalized spacial score (nSPS) is 25.6. The first-order valence-electron chi connectivity index (χ1n) is 3.83. The van der Waals surface area contributed by atoms with Gasteiger partial charge in [-0.3, -0.25) is 4.90 Å². The van der Waals surface area contributed by atoms with Crippen LogP contribution in [0.5, 0.6) is 0 Å². The molecule has 0 saturated carbocycles. The molecule has 0 radical (unpaired) electrons. The van der Waals surface area contributed by atoms with E-state index in [1.54, 1.807) is 11.8 Å². The van der Waals surface area contributed by atoms with Crippen LogP contribution in [0.2, 0.25) is 0 Å². The van der Waals surface area contributed by atoms with E-state index in [1.165, 1.54) is 0 Å². The summed E-state index contributed by atoms with van der Waals surface area (Å²) in [5.74, 6) is -2.56. The van der Waals surface area contributed by atoms with Crippen molar-refractivity contribution in [3.63, 3.8) is 0 Å². The van der Waals surface area contributed by atoms with E-state index < -0.39 is 5.92 Å². The first-order chi connectivity index (χ1) is 5.42. The highest BCUT2D eigenvalue weighted by molar-refractivity contribution is 7.80. The van der Waals surface area contributed by atoms with Crippen molar-refractivity contribution in [1.29, 1.82) is 0 Å². The molecule has 1 aliphatic heterocycles. The lowest BCUT2D eigenvalue weighted by Crippen LogP contribution is -2.41. The summed E-state index contributed by atoms with van der Waals surface area (Å²) in [5, 5.41) is 0. The van der Waals surface area contributed by atoms with Crippen molar-refractivity contribution in [2.45, 2.75) is 25.3 Å². The number of rotatable bonds is 2. The number of hydrogen-bond donors (Lipinski definition) is 1. The van der Waals surface area contributed by atoms with E-state index in [9.17, 15) is 8.78 Å². The molecule has 0 aromatic rings. The summed E-state index contributed by atoms with van der Waals surface area (Å²) in [5.41, 5.74) is 5.35. The van der Waals surface area contributed by atoms with E-state index in [0.717, 1.165) is 0 Å². The second-order valence-electron chi connectivity index (χ2n) is 3.15. The van der Waals surface area contributed by atoms with Crippen molar-refractivity contribution in [3.8, 4) is 0 Å². The molecule has 12 heavy (non-hydrogen) atoms. The quantitative estimate of drug-likeness (QED) is 0.665. The Morgan fingerprint density at radius 3 is 2.58 bits per heavy atom. The molecule has 1 heterocycles. The van der Waals surface area contributed by atoms with E-state index >= 15 is 0 Å². The number of hydrogen-bond acceptors (Lipinski definition) is 2. The lowest BCUT2D eigenvalue weighted by atomic mass is 10.3. The number of thiocarbonyl (C=S) groups is 1. The van der Waals surface area contributed by atoms with Gasteiger partial charge in [0.05, 0.1) is 17.6 Å². The molecule has 1 aliphatic rings. The topological polar surface area (TPSA) is 29.3 Å². The van der Waals surface area contributed by atoms with E-state index in [0.29, 0.717) is 6.54 Å². The fourth-order valence-electron chi connectivity index (χ4n) is 1.27. The Bertz CT molecular complexity index is 196. The fourth-order valence-corrected chi connectivity index (χ4v) is 1.42. The first-order valence-corrected chi connectivity index (χ1v) is 4.24. The van der Waals surface area contributed by atoms with E-state index in [4.69, 9.17) is 18.0 Å². The summed E-state index contributed by atoms with van der Waals surface area (Å²) >= 11 is 4.72. The number of likely N-dealkylation sites (tertiary alicyclic amines) is 1. The SMILES string of the molecule is CC(C(N)=S)N1CCC(F)(F)C1. The highest BCUT2D eigenvalue weighted by Crippen LogP contribution is 2.27. The fraction of sp³-hybridized carbons (Fsp3) is 0.857. The van der Waals surface area contributed by atoms with Gasteiger partial charge in [0.25, 0.3) is 5.92 Å². The van der Waals surface area contributed by atoms with E-state index in [-0.39, 0.29) is 24.0 Å². The van der Waals surface area contributed by atoms with E-state index in [1.807, 2.05) is 0 Å². The molecule has 5 heteroatoms. The average Bonchev–Trinajstić information content (AvgIpc) is 2.28. The largest absolute Gasteiger partial charge is 0.392 e. The Morgan fingerprint density at radius 1 is 1.67 bits per heavy atom. The molecule has 0 amide bonds. The minimum atomic E-state index is -2.56. The molecule has 1 unspecified atom stereocenters. The highest BCUT2D eigenvalue weighted by atomic mass is 32.1. The predicted octanol–water partition coefficient (Wildman–Crippen LogP) is 1.00. The van der Waals surface area contributed by atoms with Crippen molar-refractivity contribution < 1.29 is 8.78 Å². The van der Waals surface area contributed by atoms with Crippen molar-refractivity contribution in [3.05, 3.63) is 0 Å². The van der Waals surface area contributed by atoms with Crippen LogP contribution < -0.4 is 5.73 Å². The summed E-state index contributed by atoms with van der Waals surface area (Å²) in [7, 11) is 0. The maximum Gasteiger partial charge on any atom is 0.261 e. The molecular weight excluding hydrogens is 182 g/mol. The molecule has 1 atom stereocenters. The highest BCUT2D eigenvalue weighted by Gasteiger charge is 2.40. The number of halogens is 2. The second-order valence-corrected chi connectivity index (χ2v) is 3.63. The monoisotopic (exact) mass is 194 g/mol. The number of nitrogens with two attached hydrogens (primary N) is 1. The Labute approximate surface area is 75.7 Å². The van der Waals surface area contributed by atoms with Gasteiger partial charge in [0.1, 0.15) is 0 Å². The maximum absolute atomic E-state index is 12.7. The van der Waals surface area contributed by atoms with Crippen molar-refractivity contribution >= 4 is 17.2 Å². The lowest BCUT2D eigenvalue weighted by molar-refractivity contribution is 0.0110. The minimum absolute atomic E-state index is 0.0834. The third-order valence-corrected chi connectivity index (χ3v) is 2.50. The van der Waals surface area contributed by atoms with Crippen LogP contribution in [0.3, 0.4) is 0 Å². The zero-order chi connectivity index (χ0) is 9.35. The molecular formula is C7H12F2N2S. The zero-order valence-electron chi connectivity index (χ0n) is 6.89. The third-order valence-electron chi connectivity index (χ3n) is 2.16. The van der Waals surface area contributed by atoms with Gasteiger partial charge in [0.15, 0.2) is 0 Å². The van der Waals surface area contributed by atoms with Crippen LogP contribution >= 0.6 is 12.2 Å². The lowest BCUT2D eigenvalue weighted by Gasteiger charge is -2.22. The van der Waals surface area contributed by atoms with Crippen molar-refractivity contribution in [2.75, 3.05) is 13.1 Å². The van der Waals surface area contributed by atoms with Gasteiger partial charge in [0.2, 0.25) is 0 Å². The average molecular weight is 194 g/mol. The Balaban J connectivity index is 2.52. The minimum Gasteiger partial charge on any atom is -0.392 e. The van der Waals surface area contributed by atoms with Gasteiger partial charge in [0, 0.05) is 13.0 Å². The summed E-state index contributed by atoms with van der Waals surface area (Å²) < 4.78 is 25.4. The predicted molar refractivity (Wildman–Crippen MR) is 47.4 cm³/mol. The second kappa shape index (κ2) is 3.22. The van der Waals surface area contributed by atoms with Crippen LogP contribution in [0.15, 0.2) is 0 Å². The first kappa shape index (κ1) is 9.80. The van der Waals surface area contributed by atoms with Gasteiger partial charge >= 0.3 is 0 Å². The van der Waals surface area contributed by atoms with Crippen LogP contribution in [0.25, 0.3) is 0 Å². The zero-order valence-corrected chi connectivity index (χ0v) is 7.70. The molecule has 1 fully saturated rings. The summed E-state index contributed by atoms with van der Waals surface area (Å²) in [6.45, 7) is 1.92. The molecule has 0 aliphatic carbocycles. The molecule has 0 bridgehead atoms. The molecule has 2 N–H and O–H groups in total. The molecule has 70 valence electrons. The molecule has 0 spiro atoms. The van der Waals surface area contributed by atoms with Crippen LogP contribution in [-0.4, -0.2) is 34.9 Å². The maximum atomic E-state index is 12.7. The van der Waals surface area contributed by atoms with Crippen LogP contribution in [0.1, 0.15) is 13.3 Å². The van der Waals surface area contributed by atoms with Gasteiger partial charge in [-0.1, -0.05) is 12.2 Å². The number of nitrogens with zero attached hydrogens (tertiary/aromatic N) is 1. The standard InChI is InChI=1S/C7H12F2N2S/c1-5(6(10)12)11-3-2-7(8,9)4-11/h5H,2-4H2,1H3,(H2,10,12). The number of alkyl halides is 2. The Kier molecular flexibility index (Phi) is 2.63. The molecule has 0 aromatic heterocycles. The van der Waals surface area contributed by atoms with Gasteiger partial charge < -0.3 is 5.73 Å². The molecule has 1 rings (SSSR count). The third kappa shape index (κ3) is 2.10. The van der Waals surface area contributed by atoms with Gasteiger partial charge in [-0.2, -0.15) is 0 Å². The van der Waals surface area contributed by atoms with Crippen LogP contribution in [-0.2, 0) is 0 Å². The molecule has 2 nitrogen and oxygen atoms in total. The summed E-state index contributed by atoms with van der Waals surface area (Å²) in [6.07, 6.45) is -0.0834. The van der Waals surface area contributed by atoms with Crippen LogP contribution in [0, 0.1) is 0 Å². The molecule has 1 saturated heterocycles. The summed E-state index contributed by atoms with van der Waals surface area (Å²) in [6, 6.07) is -0.214. The van der Waals surface area contributed by atoms with Crippen molar-refractivity contribution in [1.82, 2.24) is 4.90 Å². The summed E-state index contributed by atoms with van der Waals surface area (Å²) in [4.78, 5) is 1.90. The molecule has 0 aromatic carbocycles. The van der Waals surface area contributed by atoms with Gasteiger partial charge in [-0.15, -0.1) is 0 Å². The van der Waals surface area contributed by atoms with Gasteiger partial charge in [-0.25, -0.2) is 8.78 Å². The van der Waals surface area contributed by atoms with Gasteiger partial charge in [-0.05, 0) is 6.92 Å². The Hall–Kier alpha value is -0.290. The Morgan fingerprint density at radius 2 is 2.25 bits per heavy atom. The smallest absolute Gasteiger partial charge is 0.261 e. The van der Waals surface area contributed by atoms with Crippen molar-refractivity contribution in [2.24, 2.45) is 5.73 Å². The van der Waals surface area contributed by atoms with E-state index in [2.05, 4.69) is 0 Å².